The first kappa shape index (κ1) is 17.3. The molecule has 0 saturated carbocycles. The van der Waals surface area contributed by atoms with Gasteiger partial charge in [0.15, 0.2) is 0 Å². The summed E-state index contributed by atoms with van der Waals surface area (Å²) in [5.74, 6) is 0. The molecule has 0 radical (unpaired) electrons. The van der Waals surface area contributed by atoms with Crippen LogP contribution in [-0.2, 0) is 0 Å². The van der Waals surface area contributed by atoms with E-state index >= 15 is 0 Å². The zero-order chi connectivity index (χ0) is 13.8. The van der Waals surface area contributed by atoms with E-state index in [1.165, 1.54) is 0 Å². The highest BCUT2D eigenvalue weighted by Crippen LogP contribution is 1.97. The highest BCUT2D eigenvalue weighted by atomic mass is 16.3. The van der Waals surface area contributed by atoms with Gasteiger partial charge < -0.3 is 15.3 Å². The number of hydrogen-bond donors (Lipinski definition) is 3. The van der Waals surface area contributed by atoms with E-state index in [4.69, 9.17) is 10.2 Å². The third-order valence-corrected chi connectivity index (χ3v) is 2.54. The van der Waals surface area contributed by atoms with E-state index in [1.54, 1.807) is 12.2 Å². The maximum atomic E-state index is 9.98. The Kier molecular flexibility index (Phi) is 10.9. The van der Waals surface area contributed by atoms with Gasteiger partial charge in [0.2, 0.25) is 0 Å². The van der Waals surface area contributed by atoms with Crippen molar-refractivity contribution in [3.8, 4) is 0 Å². The van der Waals surface area contributed by atoms with E-state index < -0.39 is 6.10 Å². The number of rotatable bonds is 12. The molecular weight excluding hydrogens is 232 g/mol. The van der Waals surface area contributed by atoms with Crippen LogP contribution in [0.2, 0.25) is 0 Å². The SMILES string of the molecule is C=CCN(CCO)CC(O)CN(CC=C)CCO. The maximum absolute atomic E-state index is 9.98. The zero-order valence-corrected chi connectivity index (χ0v) is 11.0. The Morgan fingerprint density at radius 1 is 0.889 bits per heavy atom. The zero-order valence-electron chi connectivity index (χ0n) is 11.0. The summed E-state index contributed by atoms with van der Waals surface area (Å²) in [7, 11) is 0. The van der Waals surface area contributed by atoms with E-state index in [2.05, 4.69) is 13.2 Å². The molecule has 0 atom stereocenters. The molecule has 0 heterocycles. The summed E-state index contributed by atoms with van der Waals surface area (Å²) in [5.41, 5.74) is 0. The summed E-state index contributed by atoms with van der Waals surface area (Å²) in [4.78, 5) is 3.87. The van der Waals surface area contributed by atoms with Crippen molar-refractivity contribution in [1.82, 2.24) is 9.80 Å². The van der Waals surface area contributed by atoms with Gasteiger partial charge in [-0.05, 0) is 0 Å². The second-order valence-corrected chi connectivity index (χ2v) is 4.20. The first-order valence-corrected chi connectivity index (χ1v) is 6.24. The number of aliphatic hydroxyl groups is 3. The van der Waals surface area contributed by atoms with E-state index in [9.17, 15) is 5.11 Å². The molecule has 3 N–H and O–H groups in total. The Bertz CT molecular complexity index is 202. The molecule has 5 heteroatoms. The largest absolute Gasteiger partial charge is 0.395 e. The second-order valence-electron chi connectivity index (χ2n) is 4.20. The Hall–Kier alpha value is -0.720. The van der Waals surface area contributed by atoms with Crippen LogP contribution in [0.4, 0.5) is 0 Å². The Balaban J connectivity index is 4.12. The van der Waals surface area contributed by atoms with Crippen LogP contribution in [0.25, 0.3) is 0 Å². The first-order valence-electron chi connectivity index (χ1n) is 6.24. The van der Waals surface area contributed by atoms with Gasteiger partial charge in [-0.15, -0.1) is 13.2 Å². The highest BCUT2D eigenvalue weighted by molar-refractivity contribution is 4.79. The van der Waals surface area contributed by atoms with Crippen molar-refractivity contribution in [1.29, 1.82) is 0 Å². The van der Waals surface area contributed by atoms with E-state index in [1.807, 2.05) is 9.80 Å². The summed E-state index contributed by atoms with van der Waals surface area (Å²) in [5, 5.41) is 27.8. The molecule has 0 spiro atoms. The normalized spacial score (nSPS) is 11.4. The predicted octanol–water partition coefficient (Wildman–Crippen LogP) is -0.692. The molecule has 0 aliphatic carbocycles. The van der Waals surface area contributed by atoms with Crippen molar-refractivity contribution in [2.24, 2.45) is 0 Å². The molecule has 0 aromatic rings. The maximum Gasteiger partial charge on any atom is 0.0794 e. The standard InChI is InChI=1S/C13H26N2O3/c1-3-5-14(7-9-16)11-13(18)12-15(6-4-2)8-10-17/h3-4,13,16-18H,1-2,5-12H2. The molecule has 0 rings (SSSR count). The van der Waals surface area contributed by atoms with Crippen LogP contribution in [-0.4, -0.2) is 83.7 Å². The van der Waals surface area contributed by atoms with Crippen molar-refractivity contribution in [2.45, 2.75) is 6.10 Å². The van der Waals surface area contributed by atoms with Gasteiger partial charge in [0, 0.05) is 39.3 Å². The lowest BCUT2D eigenvalue weighted by atomic mass is 10.2. The van der Waals surface area contributed by atoms with Gasteiger partial charge >= 0.3 is 0 Å². The van der Waals surface area contributed by atoms with Gasteiger partial charge in [-0.25, -0.2) is 0 Å². The lowest BCUT2D eigenvalue weighted by Crippen LogP contribution is -2.42. The fourth-order valence-electron chi connectivity index (χ4n) is 1.82. The lowest BCUT2D eigenvalue weighted by Gasteiger charge is -2.27. The van der Waals surface area contributed by atoms with Crippen molar-refractivity contribution in [2.75, 3.05) is 52.5 Å². The molecule has 0 aromatic heterocycles. The fraction of sp³-hybridized carbons (Fsp3) is 0.692. The minimum Gasteiger partial charge on any atom is -0.395 e. The molecule has 0 unspecified atom stereocenters. The molecule has 0 bridgehead atoms. The number of hydrogen-bond acceptors (Lipinski definition) is 5. The predicted molar refractivity (Wildman–Crippen MR) is 73.5 cm³/mol. The molecule has 0 aliphatic heterocycles. The minimum absolute atomic E-state index is 0.0631. The summed E-state index contributed by atoms with van der Waals surface area (Å²) < 4.78 is 0. The average Bonchev–Trinajstić information content (AvgIpc) is 2.30. The van der Waals surface area contributed by atoms with Crippen LogP contribution in [0.5, 0.6) is 0 Å². The molecular formula is C13H26N2O3. The van der Waals surface area contributed by atoms with Crippen LogP contribution in [0.3, 0.4) is 0 Å². The molecule has 0 amide bonds. The lowest BCUT2D eigenvalue weighted by molar-refractivity contribution is 0.0692. The Labute approximate surface area is 110 Å². The molecule has 0 saturated heterocycles. The third-order valence-electron chi connectivity index (χ3n) is 2.54. The van der Waals surface area contributed by atoms with Gasteiger partial charge in [-0.3, -0.25) is 9.80 Å². The van der Waals surface area contributed by atoms with Gasteiger partial charge in [0.25, 0.3) is 0 Å². The van der Waals surface area contributed by atoms with Crippen LogP contribution in [0.15, 0.2) is 25.3 Å². The number of aliphatic hydroxyl groups excluding tert-OH is 3. The third kappa shape index (κ3) is 8.38. The van der Waals surface area contributed by atoms with Crippen LogP contribution >= 0.6 is 0 Å². The van der Waals surface area contributed by atoms with Crippen molar-refractivity contribution >= 4 is 0 Å². The molecule has 0 aliphatic rings. The van der Waals surface area contributed by atoms with Crippen molar-refractivity contribution in [3.05, 3.63) is 25.3 Å². The highest BCUT2D eigenvalue weighted by Gasteiger charge is 2.13. The average molecular weight is 258 g/mol. The van der Waals surface area contributed by atoms with Gasteiger partial charge in [0.05, 0.1) is 19.3 Å². The summed E-state index contributed by atoms with van der Waals surface area (Å²) in [6.07, 6.45) is 2.97. The van der Waals surface area contributed by atoms with Crippen LogP contribution < -0.4 is 0 Å². The first-order chi connectivity index (χ1) is 8.67. The summed E-state index contributed by atoms with van der Waals surface area (Å²) >= 11 is 0. The van der Waals surface area contributed by atoms with Gasteiger partial charge in [-0.2, -0.15) is 0 Å². The van der Waals surface area contributed by atoms with Crippen molar-refractivity contribution in [3.63, 3.8) is 0 Å². The molecule has 0 aromatic carbocycles. The quantitative estimate of drug-likeness (QED) is 0.404. The fourth-order valence-corrected chi connectivity index (χ4v) is 1.82. The van der Waals surface area contributed by atoms with Gasteiger partial charge in [0.1, 0.15) is 0 Å². The minimum atomic E-state index is -0.525. The Morgan fingerprint density at radius 3 is 1.56 bits per heavy atom. The van der Waals surface area contributed by atoms with Crippen LogP contribution in [0, 0.1) is 0 Å². The number of nitrogens with zero attached hydrogens (tertiary/aromatic N) is 2. The van der Waals surface area contributed by atoms with E-state index in [0.717, 1.165) is 0 Å². The van der Waals surface area contributed by atoms with E-state index in [-0.39, 0.29) is 13.2 Å². The molecule has 106 valence electrons. The molecule has 5 nitrogen and oxygen atoms in total. The van der Waals surface area contributed by atoms with Gasteiger partial charge in [-0.1, -0.05) is 12.2 Å². The topological polar surface area (TPSA) is 67.2 Å². The molecule has 18 heavy (non-hydrogen) atoms. The van der Waals surface area contributed by atoms with Crippen molar-refractivity contribution < 1.29 is 15.3 Å². The second kappa shape index (κ2) is 11.4. The summed E-state index contributed by atoms with van der Waals surface area (Å²) in [6.45, 7) is 10.7. The monoisotopic (exact) mass is 258 g/mol. The van der Waals surface area contributed by atoms with Crippen LogP contribution in [0.1, 0.15) is 0 Å². The summed E-state index contributed by atoms with van der Waals surface area (Å²) in [6, 6.07) is 0. The smallest absolute Gasteiger partial charge is 0.0794 e. The van der Waals surface area contributed by atoms with E-state index in [0.29, 0.717) is 39.3 Å². The Morgan fingerprint density at radius 2 is 1.28 bits per heavy atom. The molecule has 0 fully saturated rings.